The average Bonchev–Trinajstić information content (AvgIpc) is 3.45. The highest BCUT2D eigenvalue weighted by molar-refractivity contribution is 14.0. The van der Waals surface area contributed by atoms with Gasteiger partial charge in [-0.3, -0.25) is 9.89 Å². The Labute approximate surface area is 195 Å². The monoisotopic (exact) mass is 547 g/mol. The number of aliphatic imine (C=N–C) groups is 1. The van der Waals surface area contributed by atoms with Crippen molar-refractivity contribution in [1.82, 2.24) is 20.3 Å². The van der Waals surface area contributed by atoms with Gasteiger partial charge < -0.3 is 15.1 Å². The maximum atomic E-state index is 12.2. The number of likely N-dealkylation sites (tertiary alicyclic amines) is 1. The van der Waals surface area contributed by atoms with E-state index in [0.717, 1.165) is 18.8 Å². The second kappa shape index (κ2) is 12.3. The summed E-state index contributed by atoms with van der Waals surface area (Å²) in [7, 11) is -1.81. The Bertz CT molecular complexity index is 869. The molecule has 3 N–H and O–H groups in total. The predicted octanol–water partition coefficient (Wildman–Crippen LogP) is 2.18. The molecule has 1 atom stereocenters. The zero-order valence-electron chi connectivity index (χ0n) is 17.1. The molecule has 8 nitrogen and oxygen atoms in total. The number of furan rings is 1. The molecule has 0 aliphatic carbocycles. The second-order valence-electron chi connectivity index (χ2n) is 6.87. The molecule has 2 heterocycles. The van der Waals surface area contributed by atoms with Crippen molar-refractivity contribution in [2.75, 3.05) is 39.8 Å². The highest BCUT2D eigenvalue weighted by atomic mass is 127. The summed E-state index contributed by atoms with van der Waals surface area (Å²) in [5, 5.41) is 6.47. The Hall–Kier alpha value is -1.63. The van der Waals surface area contributed by atoms with Gasteiger partial charge in [0, 0.05) is 26.7 Å². The number of nitrogens with one attached hydrogen (secondary N) is 3. The Morgan fingerprint density at radius 3 is 2.47 bits per heavy atom. The van der Waals surface area contributed by atoms with E-state index in [9.17, 15) is 8.42 Å². The van der Waals surface area contributed by atoms with E-state index in [0.29, 0.717) is 19.0 Å². The number of hydrogen-bond acceptors (Lipinski definition) is 5. The minimum Gasteiger partial charge on any atom is -0.468 e. The molecule has 0 spiro atoms. The van der Waals surface area contributed by atoms with Crippen molar-refractivity contribution in [3.8, 4) is 0 Å². The summed E-state index contributed by atoms with van der Waals surface area (Å²) in [4.78, 5) is 6.90. The molecule has 1 fully saturated rings. The third kappa shape index (κ3) is 6.96. The molecular formula is C20H30IN5O3S. The number of benzene rings is 1. The fourth-order valence-electron chi connectivity index (χ4n) is 3.41. The van der Waals surface area contributed by atoms with Crippen LogP contribution in [0.2, 0.25) is 0 Å². The molecule has 1 aromatic carbocycles. The van der Waals surface area contributed by atoms with Gasteiger partial charge in [0.15, 0.2) is 5.96 Å². The van der Waals surface area contributed by atoms with E-state index in [2.05, 4.69) is 25.2 Å². The normalized spacial score (nSPS) is 16.1. The summed E-state index contributed by atoms with van der Waals surface area (Å²) in [6, 6.07) is 12.4. The maximum absolute atomic E-state index is 12.2. The summed E-state index contributed by atoms with van der Waals surface area (Å²) in [6.07, 6.45) is 4.10. The number of nitrogens with zero attached hydrogens (tertiary/aromatic N) is 2. The molecule has 1 aliphatic rings. The van der Waals surface area contributed by atoms with E-state index in [1.165, 1.54) is 12.8 Å². The molecule has 30 heavy (non-hydrogen) atoms. The topological polar surface area (TPSA) is 99.0 Å². The lowest BCUT2D eigenvalue weighted by Gasteiger charge is -2.26. The van der Waals surface area contributed by atoms with E-state index < -0.39 is 10.0 Å². The van der Waals surface area contributed by atoms with Crippen molar-refractivity contribution in [2.45, 2.75) is 23.8 Å². The molecule has 1 unspecified atom stereocenters. The summed E-state index contributed by atoms with van der Waals surface area (Å²) in [6.45, 7) is 3.44. The molecule has 2 aromatic rings. The van der Waals surface area contributed by atoms with Gasteiger partial charge in [-0.15, -0.1) is 24.0 Å². The van der Waals surface area contributed by atoms with Crippen molar-refractivity contribution in [1.29, 1.82) is 0 Å². The van der Waals surface area contributed by atoms with Gasteiger partial charge in [0.1, 0.15) is 5.76 Å². The predicted molar refractivity (Wildman–Crippen MR) is 129 cm³/mol. The van der Waals surface area contributed by atoms with Crippen LogP contribution in [0.15, 0.2) is 63.0 Å². The number of sulfonamides is 1. The molecule has 3 rings (SSSR count). The van der Waals surface area contributed by atoms with Gasteiger partial charge in [-0.1, -0.05) is 18.2 Å². The van der Waals surface area contributed by atoms with Crippen LogP contribution in [0.1, 0.15) is 24.6 Å². The fraction of sp³-hybridized carbons (Fsp3) is 0.450. The third-order valence-electron chi connectivity index (χ3n) is 4.90. The SMILES string of the molecule is CN=C(NCCNS(=O)(=O)c1ccccc1)NCC(c1ccco1)N1CCCC1.I. The van der Waals surface area contributed by atoms with Gasteiger partial charge in [-0.25, -0.2) is 13.1 Å². The van der Waals surface area contributed by atoms with Crippen LogP contribution in [0.25, 0.3) is 0 Å². The largest absolute Gasteiger partial charge is 0.468 e. The van der Waals surface area contributed by atoms with Gasteiger partial charge in [0.25, 0.3) is 0 Å². The lowest BCUT2D eigenvalue weighted by atomic mass is 10.2. The Kier molecular flexibility index (Phi) is 10.1. The van der Waals surface area contributed by atoms with Crippen molar-refractivity contribution >= 4 is 40.0 Å². The minimum atomic E-state index is -3.50. The first-order valence-corrected chi connectivity index (χ1v) is 11.3. The summed E-state index contributed by atoms with van der Waals surface area (Å²) >= 11 is 0. The molecule has 0 bridgehead atoms. The minimum absolute atomic E-state index is 0. The zero-order valence-corrected chi connectivity index (χ0v) is 20.2. The molecule has 0 amide bonds. The van der Waals surface area contributed by atoms with Crippen LogP contribution in [-0.4, -0.2) is 59.0 Å². The molecule has 0 radical (unpaired) electrons. The average molecular weight is 547 g/mol. The zero-order chi connectivity index (χ0) is 20.5. The van der Waals surface area contributed by atoms with E-state index in [1.54, 1.807) is 43.6 Å². The Morgan fingerprint density at radius 1 is 1.10 bits per heavy atom. The van der Waals surface area contributed by atoms with Crippen molar-refractivity contribution < 1.29 is 12.8 Å². The van der Waals surface area contributed by atoms with E-state index in [-0.39, 0.29) is 41.5 Å². The van der Waals surface area contributed by atoms with Gasteiger partial charge in [-0.05, 0) is 50.2 Å². The quantitative estimate of drug-likeness (QED) is 0.193. The summed E-state index contributed by atoms with van der Waals surface area (Å²) in [5.41, 5.74) is 0. The van der Waals surface area contributed by atoms with Gasteiger partial charge >= 0.3 is 0 Å². The molecule has 1 aliphatic heterocycles. The first-order valence-electron chi connectivity index (χ1n) is 9.87. The van der Waals surface area contributed by atoms with Gasteiger partial charge in [0.05, 0.1) is 17.2 Å². The first-order chi connectivity index (χ1) is 14.1. The van der Waals surface area contributed by atoms with Crippen LogP contribution in [-0.2, 0) is 10.0 Å². The smallest absolute Gasteiger partial charge is 0.240 e. The van der Waals surface area contributed by atoms with Crippen LogP contribution in [0, 0.1) is 0 Å². The number of halogens is 1. The Balaban J connectivity index is 0.00000320. The van der Waals surface area contributed by atoms with E-state index in [4.69, 9.17) is 4.42 Å². The first kappa shape index (κ1) is 24.6. The fourth-order valence-corrected chi connectivity index (χ4v) is 4.46. The lowest BCUT2D eigenvalue weighted by Crippen LogP contribution is -2.44. The maximum Gasteiger partial charge on any atom is 0.240 e. The van der Waals surface area contributed by atoms with Crippen LogP contribution >= 0.6 is 24.0 Å². The summed E-state index contributed by atoms with van der Waals surface area (Å²) in [5.74, 6) is 1.56. The Morgan fingerprint density at radius 2 is 1.83 bits per heavy atom. The molecular weight excluding hydrogens is 517 g/mol. The highest BCUT2D eigenvalue weighted by Gasteiger charge is 2.25. The molecule has 1 aromatic heterocycles. The van der Waals surface area contributed by atoms with Crippen molar-refractivity contribution in [3.63, 3.8) is 0 Å². The molecule has 166 valence electrons. The van der Waals surface area contributed by atoms with Crippen LogP contribution in [0.3, 0.4) is 0 Å². The molecule has 0 saturated carbocycles. The standard InChI is InChI=1S/C20H29N5O3S.HI/c1-21-20(22-11-12-24-29(26,27)17-8-3-2-4-9-17)23-16-18(19-10-7-15-28-19)25-13-5-6-14-25;/h2-4,7-10,15,18,24H,5-6,11-14,16H2,1H3,(H2,21,22,23);1H. The lowest BCUT2D eigenvalue weighted by molar-refractivity contribution is 0.215. The van der Waals surface area contributed by atoms with Crippen LogP contribution in [0.5, 0.6) is 0 Å². The second-order valence-corrected chi connectivity index (χ2v) is 8.63. The van der Waals surface area contributed by atoms with Gasteiger partial charge in [-0.2, -0.15) is 0 Å². The number of rotatable bonds is 9. The van der Waals surface area contributed by atoms with Crippen LogP contribution < -0.4 is 15.4 Å². The summed E-state index contributed by atoms with van der Waals surface area (Å²) < 4.78 is 32.7. The number of guanidine groups is 1. The number of hydrogen-bond donors (Lipinski definition) is 3. The molecule has 1 saturated heterocycles. The van der Waals surface area contributed by atoms with E-state index >= 15 is 0 Å². The van der Waals surface area contributed by atoms with Crippen LogP contribution in [0.4, 0.5) is 0 Å². The van der Waals surface area contributed by atoms with Crippen molar-refractivity contribution in [2.24, 2.45) is 4.99 Å². The molecule has 10 heteroatoms. The highest BCUT2D eigenvalue weighted by Crippen LogP contribution is 2.24. The van der Waals surface area contributed by atoms with E-state index in [1.807, 2.05) is 12.1 Å². The van der Waals surface area contributed by atoms with Crippen molar-refractivity contribution in [3.05, 3.63) is 54.5 Å². The van der Waals surface area contributed by atoms with Gasteiger partial charge in [0.2, 0.25) is 10.0 Å². The third-order valence-corrected chi connectivity index (χ3v) is 6.38.